The van der Waals surface area contributed by atoms with Gasteiger partial charge in [0.05, 0.1) is 0 Å². The summed E-state index contributed by atoms with van der Waals surface area (Å²) in [6.07, 6.45) is 4.17. The fourth-order valence-electron chi connectivity index (χ4n) is 2.50. The van der Waals surface area contributed by atoms with Gasteiger partial charge in [-0.25, -0.2) is 0 Å². The highest BCUT2D eigenvalue weighted by molar-refractivity contribution is 5.05. The SMILES string of the molecule is C=C(C)C(NC)C1CCCC1C. The van der Waals surface area contributed by atoms with Gasteiger partial charge < -0.3 is 5.32 Å². The molecule has 0 aliphatic heterocycles. The van der Waals surface area contributed by atoms with Gasteiger partial charge in [-0.05, 0) is 32.2 Å². The molecule has 3 unspecified atom stereocenters. The summed E-state index contributed by atoms with van der Waals surface area (Å²) in [5.74, 6) is 1.70. The van der Waals surface area contributed by atoms with E-state index in [1.54, 1.807) is 0 Å². The minimum Gasteiger partial charge on any atom is -0.313 e. The first-order valence-electron chi connectivity index (χ1n) is 4.99. The number of hydrogen-bond acceptors (Lipinski definition) is 1. The van der Waals surface area contributed by atoms with Crippen molar-refractivity contribution in [2.24, 2.45) is 11.8 Å². The summed E-state index contributed by atoms with van der Waals surface area (Å²) in [7, 11) is 2.05. The molecule has 1 saturated carbocycles. The quantitative estimate of drug-likeness (QED) is 0.637. The maximum Gasteiger partial charge on any atom is 0.0302 e. The monoisotopic (exact) mass is 167 g/mol. The van der Waals surface area contributed by atoms with Gasteiger partial charge >= 0.3 is 0 Å². The molecule has 3 atom stereocenters. The Hall–Kier alpha value is -0.300. The highest BCUT2D eigenvalue weighted by atomic mass is 14.9. The van der Waals surface area contributed by atoms with Crippen molar-refractivity contribution >= 4 is 0 Å². The van der Waals surface area contributed by atoms with Gasteiger partial charge in [0, 0.05) is 6.04 Å². The molecule has 1 aliphatic carbocycles. The Balaban J connectivity index is 2.58. The number of rotatable bonds is 3. The largest absolute Gasteiger partial charge is 0.313 e. The zero-order valence-corrected chi connectivity index (χ0v) is 8.56. The molecule has 1 heteroatoms. The van der Waals surface area contributed by atoms with Crippen molar-refractivity contribution in [3.05, 3.63) is 12.2 Å². The first-order valence-corrected chi connectivity index (χ1v) is 4.99. The lowest BCUT2D eigenvalue weighted by atomic mass is 9.87. The van der Waals surface area contributed by atoms with Gasteiger partial charge in [-0.1, -0.05) is 31.9 Å². The lowest BCUT2D eigenvalue weighted by Gasteiger charge is -2.26. The molecule has 0 radical (unpaired) electrons. The second kappa shape index (κ2) is 4.08. The number of hydrogen-bond donors (Lipinski definition) is 1. The minimum absolute atomic E-state index is 0.544. The zero-order chi connectivity index (χ0) is 9.14. The van der Waals surface area contributed by atoms with Gasteiger partial charge in [0.15, 0.2) is 0 Å². The van der Waals surface area contributed by atoms with Crippen LogP contribution in [0.25, 0.3) is 0 Å². The van der Waals surface area contributed by atoms with Crippen molar-refractivity contribution in [1.29, 1.82) is 0 Å². The molecule has 0 saturated heterocycles. The van der Waals surface area contributed by atoms with E-state index in [-0.39, 0.29) is 0 Å². The van der Waals surface area contributed by atoms with E-state index in [1.807, 2.05) is 7.05 Å². The van der Waals surface area contributed by atoms with Crippen LogP contribution >= 0.6 is 0 Å². The summed E-state index contributed by atoms with van der Waals surface area (Å²) in [5.41, 5.74) is 1.29. The topological polar surface area (TPSA) is 12.0 Å². The van der Waals surface area contributed by atoms with Gasteiger partial charge in [-0.15, -0.1) is 0 Å². The van der Waals surface area contributed by atoms with E-state index in [0.717, 1.165) is 11.8 Å². The molecule has 0 aromatic rings. The molecule has 0 bridgehead atoms. The normalized spacial score (nSPS) is 31.9. The molecule has 0 heterocycles. The van der Waals surface area contributed by atoms with Crippen molar-refractivity contribution in [2.75, 3.05) is 7.05 Å². The standard InChI is InChI=1S/C11H21N/c1-8(2)11(12-4)10-7-5-6-9(10)3/h9-12H,1,5-7H2,2-4H3. The fraction of sp³-hybridized carbons (Fsp3) is 0.818. The summed E-state index contributed by atoms with van der Waals surface area (Å²) in [4.78, 5) is 0. The predicted molar refractivity (Wildman–Crippen MR) is 54.2 cm³/mol. The fourth-order valence-corrected chi connectivity index (χ4v) is 2.50. The molecule has 1 fully saturated rings. The molecular formula is C11H21N. The molecule has 1 N–H and O–H groups in total. The van der Waals surface area contributed by atoms with E-state index in [4.69, 9.17) is 0 Å². The Kier molecular flexibility index (Phi) is 3.33. The van der Waals surface area contributed by atoms with Gasteiger partial charge in [-0.3, -0.25) is 0 Å². The van der Waals surface area contributed by atoms with E-state index >= 15 is 0 Å². The Morgan fingerprint density at radius 1 is 1.50 bits per heavy atom. The van der Waals surface area contributed by atoms with Crippen LogP contribution in [-0.2, 0) is 0 Å². The van der Waals surface area contributed by atoms with Crippen molar-refractivity contribution in [3.8, 4) is 0 Å². The first kappa shape index (κ1) is 9.79. The van der Waals surface area contributed by atoms with Crippen LogP contribution in [0.3, 0.4) is 0 Å². The average molecular weight is 167 g/mol. The maximum absolute atomic E-state index is 4.04. The van der Waals surface area contributed by atoms with Crippen LogP contribution in [0, 0.1) is 11.8 Å². The summed E-state index contributed by atoms with van der Waals surface area (Å²) >= 11 is 0. The van der Waals surface area contributed by atoms with Gasteiger partial charge in [0.25, 0.3) is 0 Å². The molecule has 0 aromatic heterocycles. The Morgan fingerprint density at radius 3 is 2.50 bits per heavy atom. The third-order valence-electron chi connectivity index (χ3n) is 3.20. The molecule has 0 spiro atoms. The third-order valence-corrected chi connectivity index (χ3v) is 3.20. The number of nitrogens with one attached hydrogen (secondary N) is 1. The van der Waals surface area contributed by atoms with Crippen LogP contribution in [0.1, 0.15) is 33.1 Å². The molecule has 1 rings (SSSR count). The third kappa shape index (κ3) is 1.89. The molecule has 0 aromatic carbocycles. The highest BCUT2D eigenvalue weighted by Crippen LogP contribution is 2.35. The van der Waals surface area contributed by atoms with Crippen LogP contribution in [0.2, 0.25) is 0 Å². The Labute approximate surface area is 76.2 Å². The van der Waals surface area contributed by atoms with E-state index in [2.05, 4.69) is 25.7 Å². The van der Waals surface area contributed by atoms with Crippen LogP contribution in [0.4, 0.5) is 0 Å². The number of likely N-dealkylation sites (N-methyl/N-ethyl adjacent to an activating group) is 1. The first-order chi connectivity index (χ1) is 5.66. The Morgan fingerprint density at radius 2 is 2.17 bits per heavy atom. The van der Waals surface area contributed by atoms with Gasteiger partial charge in [0.1, 0.15) is 0 Å². The second-order valence-electron chi connectivity index (χ2n) is 4.18. The van der Waals surface area contributed by atoms with Crippen molar-refractivity contribution in [1.82, 2.24) is 5.32 Å². The van der Waals surface area contributed by atoms with E-state index in [9.17, 15) is 0 Å². The van der Waals surface area contributed by atoms with E-state index in [0.29, 0.717) is 6.04 Å². The smallest absolute Gasteiger partial charge is 0.0302 e. The molecule has 70 valence electrons. The summed E-state index contributed by atoms with van der Waals surface area (Å²) in [5, 5.41) is 3.37. The molecule has 0 amide bonds. The van der Waals surface area contributed by atoms with Crippen LogP contribution in [0.15, 0.2) is 12.2 Å². The van der Waals surface area contributed by atoms with Crippen LogP contribution in [0.5, 0.6) is 0 Å². The van der Waals surface area contributed by atoms with E-state index < -0.39 is 0 Å². The Bertz CT molecular complexity index is 162. The highest BCUT2D eigenvalue weighted by Gasteiger charge is 2.29. The van der Waals surface area contributed by atoms with Crippen molar-refractivity contribution < 1.29 is 0 Å². The van der Waals surface area contributed by atoms with Gasteiger partial charge in [-0.2, -0.15) is 0 Å². The molecular weight excluding hydrogens is 146 g/mol. The molecule has 12 heavy (non-hydrogen) atoms. The average Bonchev–Trinajstić information content (AvgIpc) is 2.38. The summed E-state index contributed by atoms with van der Waals surface area (Å²) in [6, 6.07) is 0.544. The van der Waals surface area contributed by atoms with Gasteiger partial charge in [0.2, 0.25) is 0 Å². The summed E-state index contributed by atoms with van der Waals surface area (Å²) in [6.45, 7) is 8.54. The van der Waals surface area contributed by atoms with Crippen molar-refractivity contribution in [3.63, 3.8) is 0 Å². The molecule has 1 aliphatic rings. The second-order valence-corrected chi connectivity index (χ2v) is 4.18. The minimum atomic E-state index is 0.544. The summed E-state index contributed by atoms with van der Waals surface area (Å²) < 4.78 is 0. The molecule has 1 nitrogen and oxygen atoms in total. The predicted octanol–water partition coefficient (Wildman–Crippen LogP) is 2.59. The zero-order valence-electron chi connectivity index (χ0n) is 8.56. The van der Waals surface area contributed by atoms with Crippen molar-refractivity contribution in [2.45, 2.75) is 39.2 Å². The van der Waals surface area contributed by atoms with Crippen LogP contribution < -0.4 is 5.32 Å². The van der Waals surface area contributed by atoms with Crippen LogP contribution in [-0.4, -0.2) is 13.1 Å². The van der Waals surface area contributed by atoms with E-state index in [1.165, 1.54) is 24.8 Å². The lowest BCUT2D eigenvalue weighted by molar-refractivity contribution is 0.341. The maximum atomic E-state index is 4.04. The lowest BCUT2D eigenvalue weighted by Crippen LogP contribution is -2.35.